The second-order valence-electron chi connectivity index (χ2n) is 4.35. The van der Waals surface area contributed by atoms with Gasteiger partial charge in [0.15, 0.2) is 4.67 Å². The van der Waals surface area contributed by atoms with Gasteiger partial charge in [0.25, 0.3) is 0 Å². The lowest BCUT2D eigenvalue weighted by atomic mass is 9.87. The Bertz CT molecular complexity index is 328. The van der Waals surface area contributed by atoms with Crippen LogP contribution in [0.15, 0.2) is 21.2 Å². The summed E-state index contributed by atoms with van der Waals surface area (Å²) in [5.74, 6) is 1.57. The van der Waals surface area contributed by atoms with Crippen LogP contribution in [0.25, 0.3) is 0 Å². The monoisotopic (exact) mass is 286 g/mol. The van der Waals surface area contributed by atoms with Gasteiger partial charge in [-0.1, -0.05) is 6.92 Å². The molecule has 3 nitrogen and oxygen atoms in total. The standard InChI is InChI=1S/C12H19BrN2O/c1-2-15-7-3-4-9(8-14)12(15)10-5-6-11(13)16-10/h5-6,9,12H,2-4,7-8,14H2,1H3. The van der Waals surface area contributed by atoms with Crippen LogP contribution in [0.2, 0.25) is 0 Å². The van der Waals surface area contributed by atoms with Crippen LogP contribution in [0.4, 0.5) is 0 Å². The first-order valence-corrected chi connectivity index (χ1v) is 6.75. The summed E-state index contributed by atoms with van der Waals surface area (Å²) in [6.07, 6.45) is 2.45. The molecule has 90 valence electrons. The molecule has 0 aliphatic carbocycles. The van der Waals surface area contributed by atoms with E-state index in [4.69, 9.17) is 10.2 Å². The fraction of sp³-hybridized carbons (Fsp3) is 0.667. The molecule has 2 rings (SSSR count). The Balaban J connectivity index is 2.24. The van der Waals surface area contributed by atoms with E-state index in [1.165, 1.54) is 12.8 Å². The van der Waals surface area contributed by atoms with Crippen molar-refractivity contribution >= 4 is 15.9 Å². The van der Waals surface area contributed by atoms with Crippen LogP contribution in [-0.4, -0.2) is 24.5 Å². The van der Waals surface area contributed by atoms with Gasteiger partial charge in [-0.15, -0.1) is 0 Å². The fourth-order valence-electron chi connectivity index (χ4n) is 2.65. The predicted octanol–water partition coefficient (Wildman–Crippen LogP) is 2.77. The van der Waals surface area contributed by atoms with Crippen LogP contribution in [0.5, 0.6) is 0 Å². The molecule has 1 saturated heterocycles. The lowest BCUT2D eigenvalue weighted by molar-refractivity contribution is 0.0843. The topological polar surface area (TPSA) is 42.4 Å². The van der Waals surface area contributed by atoms with Gasteiger partial charge in [0.2, 0.25) is 0 Å². The zero-order chi connectivity index (χ0) is 11.5. The number of nitrogens with zero attached hydrogens (tertiary/aromatic N) is 1. The van der Waals surface area contributed by atoms with Gasteiger partial charge in [-0.3, -0.25) is 4.90 Å². The highest BCUT2D eigenvalue weighted by atomic mass is 79.9. The van der Waals surface area contributed by atoms with E-state index in [-0.39, 0.29) is 0 Å². The van der Waals surface area contributed by atoms with Crippen molar-refractivity contribution in [2.75, 3.05) is 19.6 Å². The maximum Gasteiger partial charge on any atom is 0.169 e. The Labute approximate surface area is 105 Å². The Hall–Kier alpha value is -0.320. The molecule has 0 aromatic carbocycles. The molecule has 2 N–H and O–H groups in total. The molecule has 1 aliphatic heterocycles. The number of halogens is 1. The molecule has 1 aromatic rings. The molecule has 1 fully saturated rings. The first kappa shape index (κ1) is 12.1. The third-order valence-corrected chi connectivity index (χ3v) is 3.88. The maximum absolute atomic E-state index is 5.87. The van der Waals surface area contributed by atoms with Crippen molar-refractivity contribution in [2.45, 2.75) is 25.8 Å². The first-order valence-electron chi connectivity index (χ1n) is 5.95. The van der Waals surface area contributed by atoms with Crippen molar-refractivity contribution in [2.24, 2.45) is 11.7 Å². The zero-order valence-electron chi connectivity index (χ0n) is 9.66. The van der Waals surface area contributed by atoms with Crippen molar-refractivity contribution in [3.63, 3.8) is 0 Å². The Morgan fingerprint density at radius 1 is 1.56 bits per heavy atom. The molecule has 0 spiro atoms. The number of hydrogen-bond donors (Lipinski definition) is 1. The minimum absolute atomic E-state index is 0.357. The molecule has 0 amide bonds. The quantitative estimate of drug-likeness (QED) is 0.929. The maximum atomic E-state index is 5.87. The van der Waals surface area contributed by atoms with Crippen molar-refractivity contribution in [1.29, 1.82) is 0 Å². The molecule has 1 aromatic heterocycles. The molecule has 2 atom stereocenters. The van der Waals surface area contributed by atoms with E-state index >= 15 is 0 Å². The summed E-state index contributed by atoms with van der Waals surface area (Å²) in [5, 5.41) is 0. The van der Waals surface area contributed by atoms with E-state index in [9.17, 15) is 0 Å². The summed E-state index contributed by atoms with van der Waals surface area (Å²) in [6, 6.07) is 4.38. The second-order valence-corrected chi connectivity index (χ2v) is 5.13. The van der Waals surface area contributed by atoms with Gasteiger partial charge in [-0.25, -0.2) is 0 Å². The predicted molar refractivity (Wildman–Crippen MR) is 68.2 cm³/mol. The summed E-state index contributed by atoms with van der Waals surface area (Å²) in [6.45, 7) is 5.14. The Kier molecular flexibility index (Phi) is 4.05. The highest BCUT2D eigenvalue weighted by molar-refractivity contribution is 9.10. The van der Waals surface area contributed by atoms with Crippen LogP contribution < -0.4 is 5.73 Å². The molecule has 0 saturated carbocycles. The molecule has 0 radical (unpaired) electrons. The van der Waals surface area contributed by atoms with E-state index in [0.29, 0.717) is 12.0 Å². The summed E-state index contributed by atoms with van der Waals surface area (Å²) < 4.78 is 6.51. The summed E-state index contributed by atoms with van der Waals surface area (Å²) in [4.78, 5) is 2.46. The molecule has 1 aliphatic rings. The minimum Gasteiger partial charge on any atom is -0.453 e. The third-order valence-electron chi connectivity index (χ3n) is 3.45. The molecule has 2 unspecified atom stereocenters. The number of likely N-dealkylation sites (tertiary alicyclic amines) is 1. The van der Waals surface area contributed by atoms with Crippen LogP contribution in [0.3, 0.4) is 0 Å². The number of furan rings is 1. The lowest BCUT2D eigenvalue weighted by Crippen LogP contribution is -2.41. The van der Waals surface area contributed by atoms with Gasteiger partial charge in [0.05, 0.1) is 6.04 Å². The number of rotatable bonds is 3. The highest BCUT2D eigenvalue weighted by Crippen LogP contribution is 2.36. The number of piperidine rings is 1. The van der Waals surface area contributed by atoms with Crippen molar-refractivity contribution in [1.82, 2.24) is 4.90 Å². The largest absolute Gasteiger partial charge is 0.453 e. The summed E-state index contributed by atoms with van der Waals surface area (Å²) in [7, 11) is 0. The van der Waals surface area contributed by atoms with Gasteiger partial charge in [-0.05, 0) is 66.5 Å². The molecule has 4 heteroatoms. The smallest absolute Gasteiger partial charge is 0.169 e. The third kappa shape index (κ3) is 2.34. The van der Waals surface area contributed by atoms with Gasteiger partial charge in [0.1, 0.15) is 5.76 Å². The normalized spacial score (nSPS) is 27.2. The van der Waals surface area contributed by atoms with E-state index in [0.717, 1.165) is 30.1 Å². The molecule has 2 heterocycles. The van der Waals surface area contributed by atoms with Gasteiger partial charge < -0.3 is 10.2 Å². The van der Waals surface area contributed by atoms with E-state index in [1.807, 2.05) is 6.07 Å². The molecule has 16 heavy (non-hydrogen) atoms. The van der Waals surface area contributed by atoms with Crippen LogP contribution >= 0.6 is 15.9 Å². The first-order chi connectivity index (χ1) is 7.76. The van der Waals surface area contributed by atoms with Gasteiger partial charge in [-0.2, -0.15) is 0 Å². The van der Waals surface area contributed by atoms with Crippen molar-refractivity contribution in [3.05, 3.63) is 22.6 Å². The van der Waals surface area contributed by atoms with Gasteiger partial charge in [0, 0.05) is 0 Å². The van der Waals surface area contributed by atoms with Crippen molar-refractivity contribution in [3.8, 4) is 0 Å². The molecular formula is C12H19BrN2O. The van der Waals surface area contributed by atoms with E-state index < -0.39 is 0 Å². The van der Waals surface area contributed by atoms with E-state index in [1.54, 1.807) is 0 Å². The minimum atomic E-state index is 0.357. The average Bonchev–Trinajstić information content (AvgIpc) is 2.74. The highest BCUT2D eigenvalue weighted by Gasteiger charge is 2.32. The Morgan fingerprint density at radius 3 is 2.94 bits per heavy atom. The second kappa shape index (κ2) is 5.34. The summed E-state index contributed by atoms with van der Waals surface area (Å²) in [5.41, 5.74) is 5.87. The average molecular weight is 287 g/mol. The zero-order valence-corrected chi connectivity index (χ0v) is 11.2. The van der Waals surface area contributed by atoms with Crippen molar-refractivity contribution < 1.29 is 4.42 Å². The van der Waals surface area contributed by atoms with Crippen LogP contribution in [-0.2, 0) is 0 Å². The van der Waals surface area contributed by atoms with E-state index in [2.05, 4.69) is 33.8 Å². The SMILES string of the molecule is CCN1CCCC(CN)C1c1ccc(Br)o1. The van der Waals surface area contributed by atoms with Crippen LogP contribution in [0.1, 0.15) is 31.6 Å². The fourth-order valence-corrected chi connectivity index (χ4v) is 2.97. The number of nitrogens with two attached hydrogens (primary N) is 1. The van der Waals surface area contributed by atoms with Crippen LogP contribution in [0, 0.1) is 5.92 Å². The van der Waals surface area contributed by atoms with Gasteiger partial charge >= 0.3 is 0 Å². The lowest BCUT2D eigenvalue weighted by Gasteiger charge is -2.39. The Morgan fingerprint density at radius 2 is 2.38 bits per heavy atom. The molecular weight excluding hydrogens is 268 g/mol. The molecule has 0 bridgehead atoms. The number of hydrogen-bond acceptors (Lipinski definition) is 3. The summed E-state index contributed by atoms with van der Waals surface area (Å²) >= 11 is 3.37.